The number of benzene rings is 2. The molecule has 0 aliphatic carbocycles. The molecule has 1 aliphatic rings. The van der Waals surface area contributed by atoms with Crippen LogP contribution in [-0.2, 0) is 16.1 Å². The number of carbonyl (C=O) groups is 2. The quantitative estimate of drug-likeness (QED) is 0.776. The number of nitrogens with one attached hydrogen (secondary N) is 2. The van der Waals surface area contributed by atoms with Crippen LogP contribution >= 0.6 is 11.6 Å². The molecule has 0 fully saturated rings. The standard InChI is InChI=1S/C21H23ClN2O4/c1-14(25)24-18(16-6-3-2-4-7-16)12-20(26)23-13-15-10-17(22)21-19(11-15)27-8-5-9-28-21/h2-4,6-7,10-11,18H,5,8-9,12-13H2,1H3,(H,23,26)(H,24,25)/t18-/m1/s1. The molecule has 0 spiro atoms. The molecule has 2 aromatic rings. The van der Waals surface area contributed by atoms with E-state index in [1.165, 1.54) is 6.92 Å². The highest BCUT2D eigenvalue weighted by atomic mass is 35.5. The highest BCUT2D eigenvalue weighted by Gasteiger charge is 2.18. The van der Waals surface area contributed by atoms with Gasteiger partial charge in [0, 0.05) is 19.9 Å². The number of ether oxygens (including phenoxy) is 2. The Hall–Kier alpha value is -2.73. The number of amides is 2. The summed E-state index contributed by atoms with van der Waals surface area (Å²) in [4.78, 5) is 24.0. The fourth-order valence-corrected chi connectivity index (χ4v) is 3.32. The Morgan fingerprint density at radius 3 is 2.64 bits per heavy atom. The summed E-state index contributed by atoms with van der Waals surface area (Å²) in [5.41, 5.74) is 1.70. The Labute approximate surface area is 169 Å². The number of carbonyl (C=O) groups excluding carboxylic acids is 2. The number of fused-ring (bicyclic) bond motifs is 1. The second-order valence-corrected chi connectivity index (χ2v) is 7.01. The van der Waals surface area contributed by atoms with Crippen molar-refractivity contribution < 1.29 is 19.1 Å². The molecule has 0 radical (unpaired) electrons. The van der Waals surface area contributed by atoms with E-state index >= 15 is 0 Å². The molecule has 2 N–H and O–H groups in total. The van der Waals surface area contributed by atoms with E-state index in [1.807, 2.05) is 36.4 Å². The number of rotatable bonds is 6. The highest BCUT2D eigenvalue weighted by molar-refractivity contribution is 6.32. The third-order valence-corrected chi connectivity index (χ3v) is 4.60. The maximum absolute atomic E-state index is 12.5. The normalized spacial score (nSPS) is 13.9. The predicted octanol–water partition coefficient (Wildman–Crippen LogP) is 3.39. The lowest BCUT2D eigenvalue weighted by Gasteiger charge is -2.18. The third-order valence-electron chi connectivity index (χ3n) is 4.32. The van der Waals surface area contributed by atoms with Crippen LogP contribution in [-0.4, -0.2) is 25.0 Å². The zero-order valence-corrected chi connectivity index (χ0v) is 16.4. The van der Waals surface area contributed by atoms with Crippen molar-refractivity contribution in [2.45, 2.75) is 32.4 Å². The van der Waals surface area contributed by atoms with E-state index < -0.39 is 0 Å². The molecular formula is C21H23ClN2O4. The average molecular weight is 403 g/mol. The van der Waals surface area contributed by atoms with Gasteiger partial charge >= 0.3 is 0 Å². The van der Waals surface area contributed by atoms with Crippen molar-refractivity contribution >= 4 is 23.4 Å². The maximum atomic E-state index is 12.5. The van der Waals surface area contributed by atoms with Crippen LogP contribution in [0.1, 0.15) is 36.9 Å². The summed E-state index contributed by atoms with van der Waals surface area (Å²) in [6.45, 7) is 2.87. The largest absolute Gasteiger partial charge is 0.489 e. The summed E-state index contributed by atoms with van der Waals surface area (Å²) in [5, 5.41) is 6.16. The van der Waals surface area contributed by atoms with Gasteiger partial charge in [-0.2, -0.15) is 0 Å². The zero-order chi connectivity index (χ0) is 19.9. The first-order chi connectivity index (χ1) is 13.5. The molecule has 2 amide bonds. The molecule has 28 heavy (non-hydrogen) atoms. The van der Waals surface area contributed by atoms with Crippen LogP contribution in [0.15, 0.2) is 42.5 Å². The molecule has 6 nitrogen and oxygen atoms in total. The predicted molar refractivity (Wildman–Crippen MR) is 107 cm³/mol. The number of hydrogen-bond acceptors (Lipinski definition) is 4. The Balaban J connectivity index is 1.63. The monoisotopic (exact) mass is 402 g/mol. The molecule has 148 valence electrons. The SMILES string of the molecule is CC(=O)N[C@H](CC(=O)NCc1cc(Cl)c2c(c1)OCCCO2)c1ccccc1. The van der Waals surface area contributed by atoms with Crippen molar-refractivity contribution in [1.82, 2.24) is 10.6 Å². The Morgan fingerprint density at radius 1 is 1.14 bits per heavy atom. The molecule has 1 aliphatic heterocycles. The highest BCUT2D eigenvalue weighted by Crippen LogP contribution is 2.37. The molecule has 3 rings (SSSR count). The van der Waals surface area contributed by atoms with Crippen molar-refractivity contribution in [2.75, 3.05) is 13.2 Å². The van der Waals surface area contributed by atoms with E-state index in [9.17, 15) is 9.59 Å². The van der Waals surface area contributed by atoms with Crippen molar-refractivity contribution in [3.05, 3.63) is 58.6 Å². The lowest BCUT2D eigenvalue weighted by atomic mass is 10.0. The average Bonchev–Trinajstić information content (AvgIpc) is 2.92. The van der Waals surface area contributed by atoms with Gasteiger partial charge in [0.2, 0.25) is 11.8 Å². The summed E-state index contributed by atoms with van der Waals surface area (Å²) in [6.07, 6.45) is 0.934. The van der Waals surface area contributed by atoms with Crippen molar-refractivity contribution in [1.29, 1.82) is 0 Å². The number of halogens is 1. The minimum Gasteiger partial charge on any atom is -0.489 e. The van der Waals surface area contributed by atoms with Gasteiger partial charge in [-0.3, -0.25) is 9.59 Å². The van der Waals surface area contributed by atoms with Gasteiger partial charge < -0.3 is 20.1 Å². The lowest BCUT2D eigenvalue weighted by Crippen LogP contribution is -2.32. The van der Waals surface area contributed by atoms with Gasteiger partial charge in [-0.05, 0) is 23.3 Å². The van der Waals surface area contributed by atoms with Crippen LogP contribution in [0.25, 0.3) is 0 Å². The first-order valence-electron chi connectivity index (χ1n) is 9.19. The molecule has 0 bridgehead atoms. The molecule has 0 aromatic heterocycles. The topological polar surface area (TPSA) is 76.7 Å². The molecular weight excluding hydrogens is 380 g/mol. The zero-order valence-electron chi connectivity index (χ0n) is 15.7. The van der Waals surface area contributed by atoms with Crippen LogP contribution in [0.3, 0.4) is 0 Å². The molecule has 1 heterocycles. The van der Waals surface area contributed by atoms with Gasteiger partial charge in [0.1, 0.15) is 0 Å². The first-order valence-corrected chi connectivity index (χ1v) is 9.57. The number of hydrogen-bond donors (Lipinski definition) is 2. The minimum atomic E-state index is -0.383. The van der Waals surface area contributed by atoms with Crippen LogP contribution < -0.4 is 20.1 Å². The van der Waals surface area contributed by atoms with Crippen LogP contribution in [0.2, 0.25) is 5.02 Å². The Morgan fingerprint density at radius 2 is 1.89 bits per heavy atom. The lowest BCUT2D eigenvalue weighted by molar-refractivity contribution is -0.122. The third kappa shape index (κ3) is 5.39. The van der Waals surface area contributed by atoms with E-state index in [4.69, 9.17) is 21.1 Å². The molecule has 7 heteroatoms. The molecule has 0 saturated carbocycles. The summed E-state index contributed by atoms with van der Waals surface area (Å²) in [7, 11) is 0. The molecule has 2 aromatic carbocycles. The van der Waals surface area contributed by atoms with Gasteiger partial charge in [-0.25, -0.2) is 0 Å². The van der Waals surface area contributed by atoms with Gasteiger partial charge in [0.15, 0.2) is 11.5 Å². The molecule has 0 saturated heterocycles. The van der Waals surface area contributed by atoms with Crippen LogP contribution in [0.4, 0.5) is 0 Å². The molecule has 0 unspecified atom stereocenters. The van der Waals surface area contributed by atoms with E-state index in [1.54, 1.807) is 6.07 Å². The van der Waals surface area contributed by atoms with E-state index in [-0.39, 0.29) is 24.3 Å². The fraction of sp³-hybridized carbons (Fsp3) is 0.333. The smallest absolute Gasteiger partial charge is 0.222 e. The van der Waals surface area contributed by atoms with Crippen LogP contribution in [0.5, 0.6) is 11.5 Å². The summed E-state index contributed by atoms with van der Waals surface area (Å²) < 4.78 is 11.3. The van der Waals surface area contributed by atoms with Crippen molar-refractivity contribution in [3.8, 4) is 11.5 Å². The van der Waals surface area contributed by atoms with Gasteiger partial charge in [-0.15, -0.1) is 0 Å². The summed E-state index contributed by atoms with van der Waals surface area (Å²) in [5.74, 6) is 0.779. The Bertz CT molecular complexity index is 842. The maximum Gasteiger partial charge on any atom is 0.222 e. The van der Waals surface area contributed by atoms with Gasteiger partial charge in [0.25, 0.3) is 0 Å². The van der Waals surface area contributed by atoms with E-state index in [2.05, 4.69) is 10.6 Å². The second kappa shape index (κ2) is 9.46. The summed E-state index contributed by atoms with van der Waals surface area (Å²) in [6, 6.07) is 12.6. The fourth-order valence-electron chi connectivity index (χ4n) is 3.03. The van der Waals surface area contributed by atoms with Crippen molar-refractivity contribution in [2.24, 2.45) is 0 Å². The van der Waals surface area contributed by atoms with Gasteiger partial charge in [0.05, 0.1) is 30.7 Å². The van der Waals surface area contributed by atoms with E-state index in [0.29, 0.717) is 36.3 Å². The Kier molecular flexibility index (Phi) is 6.76. The molecule has 1 atom stereocenters. The van der Waals surface area contributed by atoms with Crippen molar-refractivity contribution in [3.63, 3.8) is 0 Å². The van der Waals surface area contributed by atoms with E-state index in [0.717, 1.165) is 17.5 Å². The second-order valence-electron chi connectivity index (χ2n) is 6.60. The minimum absolute atomic E-state index is 0.141. The van der Waals surface area contributed by atoms with Gasteiger partial charge in [-0.1, -0.05) is 41.9 Å². The van der Waals surface area contributed by atoms with Crippen LogP contribution in [0, 0.1) is 0 Å². The summed E-state index contributed by atoms with van der Waals surface area (Å²) >= 11 is 6.29. The first kappa shape index (κ1) is 20.0.